The summed E-state index contributed by atoms with van der Waals surface area (Å²) in [6.45, 7) is 0. The van der Waals surface area contributed by atoms with Crippen LogP contribution in [-0.2, 0) is 4.79 Å². The Labute approximate surface area is 112 Å². The Bertz CT molecular complexity index is 548. The number of ketones is 1. The number of nitrogens with two attached hydrogens (primary N) is 2. The maximum Gasteiger partial charge on any atom is 0.147 e. The summed E-state index contributed by atoms with van der Waals surface area (Å²) in [6, 6.07) is 15.2. The number of Topliss-reactive ketones (excluding diaryl/α,β-unsaturated/α-hetero) is 1. The van der Waals surface area contributed by atoms with E-state index in [-0.39, 0.29) is 17.6 Å². The van der Waals surface area contributed by atoms with Crippen LogP contribution >= 0.6 is 0 Å². The number of rotatable bonds is 2. The number of anilines is 2. The van der Waals surface area contributed by atoms with E-state index in [9.17, 15) is 4.79 Å². The molecule has 1 aliphatic rings. The van der Waals surface area contributed by atoms with Gasteiger partial charge < -0.3 is 11.5 Å². The summed E-state index contributed by atoms with van der Waals surface area (Å²) in [5.41, 5.74) is 14.9. The summed E-state index contributed by atoms with van der Waals surface area (Å²) in [5.74, 6) is 0.320. The molecule has 2 atom stereocenters. The Hall–Kier alpha value is -2.29. The molecule has 0 saturated heterocycles. The van der Waals surface area contributed by atoms with Gasteiger partial charge in [0, 0.05) is 23.2 Å². The van der Waals surface area contributed by atoms with E-state index in [1.165, 1.54) is 0 Å². The van der Waals surface area contributed by atoms with Gasteiger partial charge in [-0.25, -0.2) is 0 Å². The van der Waals surface area contributed by atoms with E-state index in [1.807, 2.05) is 48.5 Å². The molecule has 0 bridgehead atoms. The molecular formula is C16H16N2O. The minimum absolute atomic E-state index is 0.0168. The molecule has 0 aromatic heterocycles. The topological polar surface area (TPSA) is 69.1 Å². The van der Waals surface area contributed by atoms with E-state index >= 15 is 0 Å². The number of carbonyl (C=O) groups excluding carboxylic acids is 1. The van der Waals surface area contributed by atoms with Crippen molar-refractivity contribution in [1.82, 2.24) is 0 Å². The first-order valence-electron chi connectivity index (χ1n) is 6.40. The molecule has 0 amide bonds. The fourth-order valence-corrected chi connectivity index (χ4v) is 2.61. The summed E-state index contributed by atoms with van der Waals surface area (Å²) in [4.78, 5) is 12.3. The lowest BCUT2D eigenvalue weighted by Gasteiger charge is -2.34. The molecule has 2 aromatic carbocycles. The van der Waals surface area contributed by atoms with Crippen molar-refractivity contribution < 1.29 is 4.79 Å². The predicted molar refractivity (Wildman–Crippen MR) is 76.8 cm³/mol. The molecule has 4 N–H and O–H groups in total. The molecule has 0 heterocycles. The van der Waals surface area contributed by atoms with Crippen LogP contribution in [0.4, 0.5) is 11.4 Å². The highest BCUT2D eigenvalue weighted by Gasteiger charge is 2.40. The van der Waals surface area contributed by atoms with Gasteiger partial charge in [0.15, 0.2) is 0 Å². The third-order valence-electron chi connectivity index (χ3n) is 3.84. The minimum atomic E-state index is 0.0168. The van der Waals surface area contributed by atoms with Crippen LogP contribution in [0, 0.1) is 0 Å². The SMILES string of the molecule is Nc1ccc(C2CC(c3ccc(N)cc3)C2=O)cc1. The number of nitrogen functional groups attached to an aromatic ring is 2. The van der Waals surface area contributed by atoms with Crippen molar-refractivity contribution in [2.24, 2.45) is 0 Å². The van der Waals surface area contributed by atoms with Crippen LogP contribution in [0.15, 0.2) is 48.5 Å². The summed E-state index contributed by atoms with van der Waals surface area (Å²) < 4.78 is 0. The zero-order valence-electron chi connectivity index (χ0n) is 10.5. The van der Waals surface area contributed by atoms with Crippen LogP contribution in [0.25, 0.3) is 0 Å². The largest absolute Gasteiger partial charge is 0.399 e. The number of hydrogen-bond donors (Lipinski definition) is 2. The van der Waals surface area contributed by atoms with E-state index in [0.717, 1.165) is 28.9 Å². The molecule has 2 aromatic rings. The van der Waals surface area contributed by atoms with E-state index in [0.29, 0.717) is 0 Å². The second-order valence-electron chi connectivity index (χ2n) is 5.08. The van der Waals surface area contributed by atoms with Crippen molar-refractivity contribution in [3.05, 3.63) is 59.7 Å². The molecule has 19 heavy (non-hydrogen) atoms. The lowest BCUT2D eigenvalue weighted by Crippen LogP contribution is -2.33. The lowest BCUT2D eigenvalue weighted by molar-refractivity contribution is -0.127. The molecule has 2 unspecified atom stereocenters. The summed E-state index contributed by atoms with van der Waals surface area (Å²) in [5, 5.41) is 0. The molecule has 0 radical (unpaired) electrons. The van der Waals surface area contributed by atoms with Crippen molar-refractivity contribution in [2.45, 2.75) is 18.3 Å². The average molecular weight is 252 g/mol. The van der Waals surface area contributed by atoms with Crippen molar-refractivity contribution in [3.63, 3.8) is 0 Å². The average Bonchev–Trinajstić information content (AvgIpc) is 2.41. The van der Waals surface area contributed by atoms with Crippen molar-refractivity contribution in [2.75, 3.05) is 11.5 Å². The Morgan fingerprint density at radius 2 is 1.11 bits per heavy atom. The van der Waals surface area contributed by atoms with Gasteiger partial charge in [0.25, 0.3) is 0 Å². The van der Waals surface area contributed by atoms with Gasteiger partial charge in [0.1, 0.15) is 5.78 Å². The molecular weight excluding hydrogens is 236 g/mol. The van der Waals surface area contributed by atoms with Crippen LogP contribution in [0.1, 0.15) is 29.4 Å². The first kappa shape index (κ1) is 11.8. The predicted octanol–water partition coefficient (Wildman–Crippen LogP) is 2.69. The summed E-state index contributed by atoms with van der Waals surface area (Å²) in [7, 11) is 0. The molecule has 0 spiro atoms. The molecule has 1 aliphatic carbocycles. The fraction of sp³-hybridized carbons (Fsp3) is 0.188. The monoisotopic (exact) mass is 252 g/mol. The van der Waals surface area contributed by atoms with Crippen LogP contribution < -0.4 is 11.5 Å². The van der Waals surface area contributed by atoms with Crippen molar-refractivity contribution >= 4 is 17.2 Å². The zero-order valence-corrected chi connectivity index (χ0v) is 10.5. The molecule has 3 heteroatoms. The van der Waals surface area contributed by atoms with E-state index in [4.69, 9.17) is 11.5 Å². The molecule has 1 saturated carbocycles. The maximum absolute atomic E-state index is 12.3. The van der Waals surface area contributed by atoms with E-state index in [2.05, 4.69) is 0 Å². The Morgan fingerprint density at radius 3 is 1.42 bits per heavy atom. The molecule has 96 valence electrons. The van der Waals surface area contributed by atoms with E-state index < -0.39 is 0 Å². The highest BCUT2D eigenvalue weighted by atomic mass is 16.1. The number of hydrogen-bond acceptors (Lipinski definition) is 3. The van der Waals surface area contributed by atoms with Gasteiger partial charge in [0.2, 0.25) is 0 Å². The summed E-state index contributed by atoms with van der Waals surface area (Å²) >= 11 is 0. The molecule has 3 nitrogen and oxygen atoms in total. The van der Waals surface area contributed by atoms with E-state index in [1.54, 1.807) is 0 Å². The van der Waals surface area contributed by atoms with Gasteiger partial charge in [-0.1, -0.05) is 24.3 Å². The van der Waals surface area contributed by atoms with Gasteiger partial charge in [0.05, 0.1) is 0 Å². The molecule has 0 aliphatic heterocycles. The highest BCUT2D eigenvalue weighted by Crippen LogP contribution is 2.44. The lowest BCUT2D eigenvalue weighted by atomic mass is 9.67. The van der Waals surface area contributed by atoms with Gasteiger partial charge in [-0.2, -0.15) is 0 Å². The van der Waals surface area contributed by atoms with Gasteiger partial charge in [-0.05, 0) is 41.8 Å². The third-order valence-corrected chi connectivity index (χ3v) is 3.84. The summed E-state index contributed by atoms with van der Waals surface area (Å²) in [6.07, 6.45) is 0.868. The Balaban J connectivity index is 1.76. The Kier molecular flexibility index (Phi) is 2.75. The first-order valence-corrected chi connectivity index (χ1v) is 6.40. The minimum Gasteiger partial charge on any atom is -0.399 e. The molecule has 1 fully saturated rings. The Morgan fingerprint density at radius 1 is 0.737 bits per heavy atom. The quantitative estimate of drug-likeness (QED) is 0.807. The second kappa shape index (κ2) is 4.43. The first-order chi connectivity index (χ1) is 9.15. The normalized spacial score (nSPS) is 22.0. The maximum atomic E-state index is 12.3. The highest BCUT2D eigenvalue weighted by molar-refractivity contribution is 5.97. The number of carbonyl (C=O) groups is 1. The van der Waals surface area contributed by atoms with Crippen LogP contribution in [0.2, 0.25) is 0 Å². The van der Waals surface area contributed by atoms with Crippen LogP contribution in [0.5, 0.6) is 0 Å². The van der Waals surface area contributed by atoms with Gasteiger partial charge in [-0.15, -0.1) is 0 Å². The van der Waals surface area contributed by atoms with Crippen LogP contribution in [-0.4, -0.2) is 5.78 Å². The number of benzene rings is 2. The van der Waals surface area contributed by atoms with Crippen molar-refractivity contribution in [1.29, 1.82) is 0 Å². The van der Waals surface area contributed by atoms with Crippen molar-refractivity contribution in [3.8, 4) is 0 Å². The fourth-order valence-electron chi connectivity index (χ4n) is 2.61. The van der Waals surface area contributed by atoms with Crippen LogP contribution in [0.3, 0.4) is 0 Å². The van der Waals surface area contributed by atoms with Gasteiger partial charge in [-0.3, -0.25) is 4.79 Å². The second-order valence-corrected chi connectivity index (χ2v) is 5.08. The third kappa shape index (κ3) is 2.08. The molecule has 3 rings (SSSR count). The smallest absolute Gasteiger partial charge is 0.147 e. The zero-order chi connectivity index (χ0) is 13.4. The van der Waals surface area contributed by atoms with Gasteiger partial charge >= 0.3 is 0 Å². The standard InChI is InChI=1S/C16H16N2O/c17-12-5-1-10(2-6-12)14-9-15(16(14)19)11-3-7-13(18)8-4-11/h1-8,14-15H,9,17-18H2.